The van der Waals surface area contributed by atoms with Gasteiger partial charge in [-0.15, -0.1) is 0 Å². The normalized spacial score (nSPS) is 23.1. The fourth-order valence-electron chi connectivity index (χ4n) is 1.97. The fraction of sp³-hybridized carbons (Fsp3) is 0.583. The zero-order valence-electron chi connectivity index (χ0n) is 9.35. The SMILES string of the molecule is CC1CCN(c2ccc([C@H](C)O)cn2)C1. The third kappa shape index (κ3) is 2.29. The highest BCUT2D eigenvalue weighted by Crippen LogP contribution is 2.22. The van der Waals surface area contributed by atoms with Gasteiger partial charge in [0.2, 0.25) is 0 Å². The molecule has 15 heavy (non-hydrogen) atoms. The molecule has 2 heterocycles. The quantitative estimate of drug-likeness (QED) is 0.803. The molecule has 1 aromatic heterocycles. The molecule has 2 atom stereocenters. The van der Waals surface area contributed by atoms with Crippen LogP contribution >= 0.6 is 0 Å². The molecule has 1 unspecified atom stereocenters. The Hall–Kier alpha value is -1.09. The molecule has 1 aromatic rings. The minimum atomic E-state index is -0.427. The lowest BCUT2D eigenvalue weighted by atomic mass is 10.2. The summed E-state index contributed by atoms with van der Waals surface area (Å²) in [5.74, 6) is 1.80. The molecule has 0 amide bonds. The summed E-state index contributed by atoms with van der Waals surface area (Å²) in [6.45, 7) is 6.22. The average molecular weight is 206 g/mol. The van der Waals surface area contributed by atoms with Gasteiger partial charge < -0.3 is 10.0 Å². The summed E-state index contributed by atoms with van der Waals surface area (Å²) in [6, 6.07) is 3.95. The first-order valence-electron chi connectivity index (χ1n) is 5.56. The third-order valence-corrected chi connectivity index (χ3v) is 3.00. The predicted molar refractivity (Wildman–Crippen MR) is 60.9 cm³/mol. The van der Waals surface area contributed by atoms with E-state index < -0.39 is 6.10 Å². The molecule has 0 bridgehead atoms. The Balaban J connectivity index is 2.10. The van der Waals surface area contributed by atoms with E-state index in [-0.39, 0.29) is 0 Å². The molecule has 82 valence electrons. The Labute approximate surface area is 90.8 Å². The molecule has 1 aliphatic rings. The van der Waals surface area contributed by atoms with Crippen LogP contribution in [0.25, 0.3) is 0 Å². The number of hydrogen-bond donors (Lipinski definition) is 1. The first-order chi connectivity index (χ1) is 7.16. The summed E-state index contributed by atoms with van der Waals surface area (Å²) < 4.78 is 0. The van der Waals surface area contributed by atoms with Crippen molar-refractivity contribution in [3.63, 3.8) is 0 Å². The fourth-order valence-corrected chi connectivity index (χ4v) is 1.97. The number of aliphatic hydroxyl groups is 1. The second-order valence-corrected chi connectivity index (χ2v) is 4.47. The molecule has 1 N–H and O–H groups in total. The third-order valence-electron chi connectivity index (χ3n) is 3.00. The van der Waals surface area contributed by atoms with Crippen molar-refractivity contribution in [2.45, 2.75) is 26.4 Å². The van der Waals surface area contributed by atoms with Gasteiger partial charge in [-0.05, 0) is 30.9 Å². The van der Waals surface area contributed by atoms with Gasteiger partial charge in [0.25, 0.3) is 0 Å². The van der Waals surface area contributed by atoms with E-state index in [2.05, 4.69) is 16.8 Å². The van der Waals surface area contributed by atoms with Gasteiger partial charge in [0.05, 0.1) is 6.10 Å². The molecule has 1 fully saturated rings. The zero-order chi connectivity index (χ0) is 10.8. The monoisotopic (exact) mass is 206 g/mol. The lowest BCUT2D eigenvalue weighted by molar-refractivity contribution is 0.199. The second kappa shape index (κ2) is 4.19. The van der Waals surface area contributed by atoms with E-state index in [1.54, 1.807) is 13.1 Å². The van der Waals surface area contributed by atoms with Gasteiger partial charge in [0, 0.05) is 19.3 Å². The number of hydrogen-bond acceptors (Lipinski definition) is 3. The second-order valence-electron chi connectivity index (χ2n) is 4.47. The molecule has 0 aliphatic carbocycles. The van der Waals surface area contributed by atoms with E-state index in [0.717, 1.165) is 30.4 Å². The van der Waals surface area contributed by atoms with E-state index >= 15 is 0 Å². The molecule has 0 spiro atoms. The van der Waals surface area contributed by atoms with Gasteiger partial charge in [-0.3, -0.25) is 0 Å². The highest BCUT2D eigenvalue weighted by atomic mass is 16.3. The maximum atomic E-state index is 9.37. The van der Waals surface area contributed by atoms with Crippen LogP contribution in [0.3, 0.4) is 0 Å². The van der Waals surface area contributed by atoms with Gasteiger partial charge in [0.15, 0.2) is 0 Å². The number of pyridine rings is 1. The standard InChI is InChI=1S/C12H18N2O/c1-9-5-6-14(8-9)12-4-3-11(7-13-12)10(2)15/h3-4,7,9-10,15H,5-6,8H2,1-2H3/t9?,10-/m0/s1. The van der Waals surface area contributed by atoms with Crippen LogP contribution in [0.2, 0.25) is 0 Å². The molecule has 0 radical (unpaired) electrons. The van der Waals surface area contributed by atoms with Crippen LogP contribution in [0.15, 0.2) is 18.3 Å². The molecule has 1 aliphatic heterocycles. The van der Waals surface area contributed by atoms with Crippen LogP contribution in [0.4, 0.5) is 5.82 Å². The Morgan fingerprint density at radius 1 is 1.53 bits per heavy atom. The van der Waals surface area contributed by atoms with Gasteiger partial charge in [0.1, 0.15) is 5.82 Å². The summed E-state index contributed by atoms with van der Waals surface area (Å²) in [5.41, 5.74) is 0.881. The van der Waals surface area contributed by atoms with Gasteiger partial charge in [-0.1, -0.05) is 13.0 Å². The van der Waals surface area contributed by atoms with Crippen LogP contribution in [0, 0.1) is 5.92 Å². The van der Waals surface area contributed by atoms with E-state index in [4.69, 9.17) is 0 Å². The molecule has 1 saturated heterocycles. The van der Waals surface area contributed by atoms with Crippen LogP contribution in [-0.4, -0.2) is 23.2 Å². The smallest absolute Gasteiger partial charge is 0.128 e. The van der Waals surface area contributed by atoms with Gasteiger partial charge >= 0.3 is 0 Å². The largest absolute Gasteiger partial charge is 0.389 e. The number of aliphatic hydroxyl groups excluding tert-OH is 1. The van der Waals surface area contributed by atoms with Crippen LogP contribution in [-0.2, 0) is 0 Å². The summed E-state index contributed by atoms with van der Waals surface area (Å²) in [6.07, 6.45) is 2.59. The number of anilines is 1. The van der Waals surface area contributed by atoms with Crippen molar-refractivity contribution in [2.24, 2.45) is 5.92 Å². The molecule has 0 aromatic carbocycles. The predicted octanol–water partition coefficient (Wildman–Crippen LogP) is 1.98. The van der Waals surface area contributed by atoms with Crippen LogP contribution in [0.1, 0.15) is 31.9 Å². The molecule has 2 rings (SSSR count). The molecule has 3 nitrogen and oxygen atoms in total. The highest BCUT2D eigenvalue weighted by Gasteiger charge is 2.19. The molecule has 0 saturated carbocycles. The highest BCUT2D eigenvalue weighted by molar-refractivity contribution is 5.40. The maximum absolute atomic E-state index is 9.37. The maximum Gasteiger partial charge on any atom is 0.128 e. The zero-order valence-corrected chi connectivity index (χ0v) is 9.35. The van der Waals surface area contributed by atoms with Crippen molar-refractivity contribution < 1.29 is 5.11 Å². The summed E-state index contributed by atoms with van der Waals surface area (Å²) >= 11 is 0. The number of aromatic nitrogens is 1. The average Bonchev–Trinajstić information content (AvgIpc) is 2.65. The minimum absolute atomic E-state index is 0.427. The van der Waals surface area contributed by atoms with Crippen LogP contribution in [0.5, 0.6) is 0 Å². The topological polar surface area (TPSA) is 36.4 Å². The Morgan fingerprint density at radius 2 is 2.33 bits per heavy atom. The summed E-state index contributed by atoms with van der Waals surface area (Å²) in [5, 5.41) is 9.37. The Kier molecular flexibility index (Phi) is 2.91. The van der Waals surface area contributed by atoms with E-state index in [9.17, 15) is 5.11 Å². The molecular weight excluding hydrogens is 188 g/mol. The molecule has 3 heteroatoms. The van der Waals surface area contributed by atoms with Crippen molar-refractivity contribution in [1.82, 2.24) is 4.98 Å². The van der Waals surface area contributed by atoms with Gasteiger partial charge in [-0.25, -0.2) is 4.98 Å². The van der Waals surface area contributed by atoms with Crippen molar-refractivity contribution >= 4 is 5.82 Å². The Bertz CT molecular complexity index is 321. The van der Waals surface area contributed by atoms with Crippen LogP contribution < -0.4 is 4.90 Å². The first kappa shape index (κ1) is 10.4. The van der Waals surface area contributed by atoms with Crippen molar-refractivity contribution in [3.05, 3.63) is 23.9 Å². The number of nitrogens with zero attached hydrogens (tertiary/aromatic N) is 2. The van der Waals surface area contributed by atoms with E-state index in [1.807, 2.05) is 12.1 Å². The van der Waals surface area contributed by atoms with E-state index in [0.29, 0.717) is 0 Å². The Morgan fingerprint density at radius 3 is 2.80 bits per heavy atom. The number of rotatable bonds is 2. The summed E-state index contributed by atoms with van der Waals surface area (Å²) in [7, 11) is 0. The first-order valence-corrected chi connectivity index (χ1v) is 5.56. The van der Waals surface area contributed by atoms with Crippen molar-refractivity contribution in [2.75, 3.05) is 18.0 Å². The minimum Gasteiger partial charge on any atom is -0.389 e. The van der Waals surface area contributed by atoms with Gasteiger partial charge in [-0.2, -0.15) is 0 Å². The molecular formula is C12H18N2O. The van der Waals surface area contributed by atoms with Crippen molar-refractivity contribution in [3.8, 4) is 0 Å². The summed E-state index contributed by atoms with van der Waals surface area (Å²) in [4.78, 5) is 6.68. The van der Waals surface area contributed by atoms with Crippen molar-refractivity contribution in [1.29, 1.82) is 0 Å². The van der Waals surface area contributed by atoms with E-state index in [1.165, 1.54) is 6.42 Å². The lowest BCUT2D eigenvalue weighted by Crippen LogP contribution is -2.20. The lowest BCUT2D eigenvalue weighted by Gasteiger charge is -2.17.